The van der Waals surface area contributed by atoms with Crippen molar-refractivity contribution < 1.29 is 28.9 Å². The molecule has 0 aliphatic rings. The third-order valence-electron chi connectivity index (χ3n) is 4.26. The van der Waals surface area contributed by atoms with Crippen LogP contribution in [0.25, 0.3) is 27.5 Å². The van der Waals surface area contributed by atoms with Crippen LogP contribution in [0, 0.1) is 24.3 Å². The van der Waals surface area contributed by atoms with Crippen LogP contribution in [0.4, 0.5) is 14.5 Å². The van der Waals surface area contributed by atoms with E-state index in [1.165, 1.54) is 6.20 Å². The van der Waals surface area contributed by atoms with Gasteiger partial charge < -0.3 is 15.2 Å². The van der Waals surface area contributed by atoms with E-state index in [-0.39, 0.29) is 31.1 Å². The Morgan fingerprint density at radius 2 is 1.62 bits per heavy atom. The summed E-state index contributed by atoms with van der Waals surface area (Å²) in [5.41, 5.74) is 2.47. The van der Waals surface area contributed by atoms with Gasteiger partial charge in [0.15, 0.2) is 5.69 Å². The van der Waals surface area contributed by atoms with Gasteiger partial charge in [0.25, 0.3) is 0 Å². The molecule has 4 aromatic rings. The van der Waals surface area contributed by atoms with E-state index in [1.807, 2.05) is 24.3 Å². The van der Waals surface area contributed by atoms with Gasteiger partial charge in [0, 0.05) is 60.9 Å². The number of hydrogen-bond acceptors (Lipinski definition) is 3. The fourth-order valence-electron chi connectivity index (χ4n) is 2.59. The van der Waals surface area contributed by atoms with Crippen LogP contribution in [0.5, 0.6) is 0 Å². The van der Waals surface area contributed by atoms with E-state index in [2.05, 4.69) is 51.8 Å². The van der Waals surface area contributed by atoms with Gasteiger partial charge in [0.1, 0.15) is 0 Å². The second-order valence-electron chi connectivity index (χ2n) is 7.58. The van der Waals surface area contributed by atoms with Crippen molar-refractivity contribution >= 4 is 5.69 Å². The molecule has 8 heteroatoms. The van der Waals surface area contributed by atoms with E-state index >= 15 is 0 Å². The average molecular weight is 608 g/mol. The van der Waals surface area contributed by atoms with Gasteiger partial charge in [-0.25, -0.2) is 0 Å². The molecule has 3 heterocycles. The molecule has 4 rings (SSSR count). The molecule has 0 saturated heterocycles. The predicted octanol–water partition coefficient (Wildman–Crippen LogP) is 5.77. The van der Waals surface area contributed by atoms with Crippen LogP contribution >= 0.6 is 0 Å². The number of pyridine rings is 2. The molecule has 1 radical (unpaired) electrons. The second kappa shape index (κ2) is 10.9. The van der Waals surface area contributed by atoms with Crippen LogP contribution in [0.15, 0.2) is 60.9 Å². The van der Waals surface area contributed by atoms with Gasteiger partial charge in [-0.1, -0.05) is 50.7 Å². The zero-order chi connectivity index (χ0) is 22.4. The minimum absolute atomic E-state index is 0. The normalized spacial score (nSPS) is 10.4. The molecule has 0 saturated carbocycles. The van der Waals surface area contributed by atoms with Gasteiger partial charge in [-0.15, -0.1) is 17.7 Å². The van der Waals surface area contributed by atoms with Crippen molar-refractivity contribution in [3.8, 4) is 22.6 Å². The van der Waals surface area contributed by atoms with Crippen molar-refractivity contribution in [2.75, 3.05) is 0 Å². The first-order chi connectivity index (χ1) is 14.8. The monoisotopic (exact) mass is 608 g/mol. The van der Waals surface area contributed by atoms with Crippen LogP contribution < -0.4 is 5.10 Å². The Morgan fingerprint density at radius 1 is 1.00 bits per heavy atom. The van der Waals surface area contributed by atoms with Crippen LogP contribution in [-0.4, -0.2) is 15.1 Å². The third-order valence-corrected chi connectivity index (χ3v) is 4.26. The molecular weight excluding hydrogens is 589 g/mol. The Bertz CT molecular complexity index is 1200. The van der Waals surface area contributed by atoms with Crippen molar-refractivity contribution in [1.82, 2.24) is 20.2 Å². The SMILES string of the molecule is CC(C)(C)c1cc(-c2ccccn2)[n-]n1.[C-]#[N+]c1c(F)c[c-]c(-c2ccccn2)c1F.[Ir]. The summed E-state index contributed by atoms with van der Waals surface area (Å²) < 4.78 is 26.7. The zero-order valence-electron chi connectivity index (χ0n) is 17.6. The maximum absolute atomic E-state index is 13.7. The van der Waals surface area contributed by atoms with E-state index in [0.717, 1.165) is 23.1 Å². The van der Waals surface area contributed by atoms with Crippen LogP contribution in [0.2, 0.25) is 0 Å². The minimum atomic E-state index is -0.922. The minimum Gasteiger partial charge on any atom is -0.573 e. The van der Waals surface area contributed by atoms with Crippen molar-refractivity contribution in [2.24, 2.45) is 0 Å². The van der Waals surface area contributed by atoms with Crippen molar-refractivity contribution in [3.05, 3.63) is 95.7 Å². The summed E-state index contributed by atoms with van der Waals surface area (Å²) >= 11 is 0. The summed E-state index contributed by atoms with van der Waals surface area (Å²) in [6, 6.07) is 16.1. The van der Waals surface area contributed by atoms with E-state index in [4.69, 9.17) is 6.57 Å². The Hall–Kier alpha value is -3.27. The number of halogens is 2. The first-order valence-electron chi connectivity index (χ1n) is 9.42. The first kappa shape index (κ1) is 25.0. The topological polar surface area (TPSA) is 57.1 Å². The van der Waals surface area contributed by atoms with Gasteiger partial charge in [0.2, 0.25) is 0 Å². The van der Waals surface area contributed by atoms with Crippen molar-refractivity contribution in [1.29, 1.82) is 0 Å². The molecule has 0 aliphatic heterocycles. The summed E-state index contributed by atoms with van der Waals surface area (Å²) in [7, 11) is 0. The third kappa shape index (κ3) is 5.91. The molecule has 0 spiro atoms. The van der Waals surface area contributed by atoms with E-state index < -0.39 is 17.3 Å². The molecule has 0 N–H and O–H groups in total. The van der Waals surface area contributed by atoms with Gasteiger partial charge in [-0.3, -0.25) is 18.6 Å². The number of nitrogens with zero attached hydrogens (tertiary/aromatic N) is 5. The van der Waals surface area contributed by atoms with E-state index in [1.54, 1.807) is 24.4 Å². The Labute approximate surface area is 199 Å². The summed E-state index contributed by atoms with van der Waals surface area (Å²) in [5, 5.41) is 8.31. The molecule has 0 unspecified atom stereocenters. The molecule has 0 atom stereocenters. The molecule has 5 nitrogen and oxygen atoms in total. The van der Waals surface area contributed by atoms with E-state index in [9.17, 15) is 8.78 Å². The summed E-state index contributed by atoms with van der Waals surface area (Å²) in [4.78, 5) is 11.0. The molecule has 3 aromatic heterocycles. The standard InChI is InChI=1S/C12H5F2N2.C12H14N3.Ir/c1-15-12-9(13)6-5-8(11(12)14)10-4-2-3-7-16-10;1-12(2,3)11-8-10(14-15-11)9-6-4-5-7-13-9;/h2-4,6-7H;4-8H,1-3H3;/q2*-1;. The Kier molecular flexibility index (Phi) is 8.48. The maximum atomic E-state index is 13.7. The fourth-order valence-corrected chi connectivity index (χ4v) is 2.59. The quantitative estimate of drug-likeness (QED) is 0.272. The predicted molar refractivity (Wildman–Crippen MR) is 114 cm³/mol. The van der Waals surface area contributed by atoms with E-state index in [0.29, 0.717) is 5.69 Å². The largest absolute Gasteiger partial charge is 0.573 e. The smallest absolute Gasteiger partial charge is 0.176 e. The Balaban J connectivity index is 0.000000220. The van der Waals surface area contributed by atoms with Crippen molar-refractivity contribution in [2.45, 2.75) is 26.2 Å². The molecule has 1 aromatic carbocycles. The fraction of sp³-hybridized carbons (Fsp3) is 0.167. The van der Waals surface area contributed by atoms with Gasteiger partial charge in [-0.2, -0.15) is 0 Å². The van der Waals surface area contributed by atoms with Gasteiger partial charge >= 0.3 is 0 Å². The molecule has 0 aliphatic carbocycles. The molecule has 32 heavy (non-hydrogen) atoms. The number of benzene rings is 1. The molecule has 165 valence electrons. The zero-order valence-corrected chi connectivity index (χ0v) is 20.0. The number of hydrogen-bond donors (Lipinski definition) is 0. The molecule has 0 amide bonds. The molecular formula is C24H19F2IrN5-2. The molecule has 0 fully saturated rings. The average Bonchev–Trinajstić information content (AvgIpc) is 3.27. The first-order valence-corrected chi connectivity index (χ1v) is 9.42. The summed E-state index contributed by atoms with van der Waals surface area (Å²) in [5.74, 6) is -1.83. The van der Waals surface area contributed by atoms with Gasteiger partial charge in [0.05, 0.1) is 6.57 Å². The number of rotatable bonds is 2. The maximum Gasteiger partial charge on any atom is 0.176 e. The van der Waals surface area contributed by atoms with Crippen LogP contribution in [0.3, 0.4) is 0 Å². The summed E-state index contributed by atoms with van der Waals surface area (Å²) in [6.07, 6.45) is 3.25. The van der Waals surface area contributed by atoms with Gasteiger partial charge in [-0.05, 0) is 23.9 Å². The van der Waals surface area contributed by atoms with Crippen LogP contribution in [0.1, 0.15) is 26.5 Å². The second-order valence-corrected chi connectivity index (χ2v) is 7.58. The molecule has 0 bridgehead atoms. The van der Waals surface area contributed by atoms with Crippen LogP contribution in [-0.2, 0) is 25.5 Å². The summed E-state index contributed by atoms with van der Waals surface area (Å²) in [6.45, 7) is 13.1. The van der Waals surface area contributed by atoms with Crippen molar-refractivity contribution in [3.63, 3.8) is 0 Å². The number of aromatic nitrogens is 4. The Morgan fingerprint density at radius 3 is 2.12 bits per heavy atom.